The summed E-state index contributed by atoms with van der Waals surface area (Å²) < 4.78 is 26.9. The minimum absolute atomic E-state index is 0.196. The van der Waals surface area contributed by atoms with E-state index >= 15 is 0 Å². The molecule has 8 heteroatoms. The van der Waals surface area contributed by atoms with Crippen LogP contribution >= 0.6 is 22.9 Å². The number of aromatic nitrogens is 2. The summed E-state index contributed by atoms with van der Waals surface area (Å²) in [6.07, 6.45) is 3.99. The van der Waals surface area contributed by atoms with Crippen LogP contribution in [0, 0.1) is 0 Å². The molecule has 0 radical (unpaired) electrons. The van der Waals surface area contributed by atoms with Crippen molar-refractivity contribution in [1.82, 2.24) is 14.7 Å². The first kappa shape index (κ1) is 17.0. The van der Waals surface area contributed by atoms with Crippen molar-refractivity contribution in [3.8, 4) is 10.6 Å². The summed E-state index contributed by atoms with van der Waals surface area (Å²) >= 11 is 7.29. The molecule has 0 unspecified atom stereocenters. The molecule has 0 fully saturated rings. The molecule has 0 bridgehead atoms. The number of thiazole rings is 1. The van der Waals surface area contributed by atoms with Gasteiger partial charge in [-0.25, -0.2) is 18.1 Å². The Kier molecular flexibility index (Phi) is 5.25. The molecule has 0 atom stereocenters. The number of benzene rings is 1. The topological polar surface area (TPSA) is 72.0 Å². The van der Waals surface area contributed by atoms with Crippen LogP contribution in [0.15, 0.2) is 59.1 Å². The molecule has 2 aromatic heterocycles. The number of sulfonamides is 1. The summed E-state index contributed by atoms with van der Waals surface area (Å²) in [4.78, 5) is 8.78. The summed E-state index contributed by atoms with van der Waals surface area (Å²) in [5.74, 6) is 0. The zero-order valence-electron chi connectivity index (χ0n) is 12.5. The second-order valence-electron chi connectivity index (χ2n) is 4.99. The molecule has 0 aliphatic carbocycles. The van der Waals surface area contributed by atoms with E-state index in [1.807, 2.05) is 17.5 Å². The van der Waals surface area contributed by atoms with Crippen LogP contribution in [0.5, 0.6) is 0 Å². The highest BCUT2D eigenvalue weighted by Gasteiger charge is 2.13. The quantitative estimate of drug-likeness (QED) is 0.712. The van der Waals surface area contributed by atoms with Gasteiger partial charge in [0.25, 0.3) is 0 Å². The SMILES string of the molecule is O=S(=O)(NCCc1csc(-c2cccnc2)n1)c1ccc(Cl)cc1. The van der Waals surface area contributed by atoms with Crippen molar-refractivity contribution in [3.63, 3.8) is 0 Å². The van der Waals surface area contributed by atoms with E-state index < -0.39 is 10.0 Å². The predicted octanol–water partition coefficient (Wildman–Crippen LogP) is 3.38. The lowest BCUT2D eigenvalue weighted by atomic mass is 10.3. The molecule has 24 heavy (non-hydrogen) atoms. The fraction of sp³-hybridized carbons (Fsp3) is 0.125. The Bertz CT molecular complexity index is 910. The van der Waals surface area contributed by atoms with Gasteiger partial charge in [0.1, 0.15) is 5.01 Å². The fourth-order valence-electron chi connectivity index (χ4n) is 2.05. The highest BCUT2D eigenvalue weighted by atomic mass is 35.5. The van der Waals surface area contributed by atoms with E-state index in [9.17, 15) is 8.42 Å². The van der Waals surface area contributed by atoms with Crippen LogP contribution in [0.4, 0.5) is 0 Å². The Hall–Kier alpha value is -1.80. The molecule has 3 aromatic rings. The number of pyridine rings is 1. The van der Waals surface area contributed by atoms with Gasteiger partial charge in [-0.2, -0.15) is 0 Å². The van der Waals surface area contributed by atoms with Crippen molar-refractivity contribution in [2.45, 2.75) is 11.3 Å². The number of halogens is 1. The second kappa shape index (κ2) is 7.40. The lowest BCUT2D eigenvalue weighted by molar-refractivity contribution is 0.581. The Morgan fingerprint density at radius 1 is 1.17 bits per heavy atom. The first-order chi connectivity index (χ1) is 11.5. The fourth-order valence-corrected chi connectivity index (χ4v) is 4.06. The van der Waals surface area contributed by atoms with Gasteiger partial charge in [-0.3, -0.25) is 4.98 Å². The van der Waals surface area contributed by atoms with E-state index in [1.54, 1.807) is 24.5 Å². The number of nitrogens with zero attached hydrogens (tertiary/aromatic N) is 2. The zero-order valence-corrected chi connectivity index (χ0v) is 14.9. The minimum Gasteiger partial charge on any atom is -0.264 e. The Labute approximate surface area is 149 Å². The molecular weight excluding hydrogens is 366 g/mol. The van der Waals surface area contributed by atoms with Crippen molar-refractivity contribution in [1.29, 1.82) is 0 Å². The van der Waals surface area contributed by atoms with Crippen LogP contribution in [0.1, 0.15) is 5.69 Å². The second-order valence-corrected chi connectivity index (χ2v) is 8.05. The third-order valence-electron chi connectivity index (χ3n) is 3.26. The van der Waals surface area contributed by atoms with Crippen molar-refractivity contribution < 1.29 is 8.42 Å². The van der Waals surface area contributed by atoms with Crippen molar-refractivity contribution >= 4 is 33.0 Å². The van der Waals surface area contributed by atoms with E-state index in [-0.39, 0.29) is 11.4 Å². The molecule has 1 aromatic carbocycles. The molecule has 1 N–H and O–H groups in total. The number of nitrogens with one attached hydrogen (secondary N) is 1. The molecule has 2 heterocycles. The molecule has 124 valence electrons. The summed E-state index contributed by atoms with van der Waals surface area (Å²) in [5.41, 5.74) is 1.80. The van der Waals surface area contributed by atoms with Crippen LogP contribution < -0.4 is 4.72 Å². The van der Waals surface area contributed by atoms with Gasteiger partial charge in [0.15, 0.2) is 0 Å². The van der Waals surface area contributed by atoms with Gasteiger partial charge in [-0.05, 0) is 36.4 Å². The molecule has 3 rings (SSSR count). The van der Waals surface area contributed by atoms with Gasteiger partial charge in [0, 0.05) is 41.3 Å². The molecule has 0 amide bonds. The van der Waals surface area contributed by atoms with Crippen LogP contribution in [0.3, 0.4) is 0 Å². The van der Waals surface area contributed by atoms with Gasteiger partial charge < -0.3 is 0 Å². The first-order valence-corrected chi connectivity index (χ1v) is 9.89. The summed E-state index contributed by atoms with van der Waals surface area (Å²) in [5, 5.41) is 3.30. The summed E-state index contributed by atoms with van der Waals surface area (Å²) in [6, 6.07) is 9.87. The van der Waals surface area contributed by atoms with Gasteiger partial charge in [0.2, 0.25) is 10.0 Å². The highest BCUT2D eigenvalue weighted by molar-refractivity contribution is 7.89. The first-order valence-electron chi connectivity index (χ1n) is 7.15. The molecule has 0 spiro atoms. The monoisotopic (exact) mass is 379 g/mol. The van der Waals surface area contributed by atoms with Gasteiger partial charge in [-0.1, -0.05) is 11.6 Å². The van der Waals surface area contributed by atoms with Crippen LogP contribution in [0.2, 0.25) is 5.02 Å². The smallest absolute Gasteiger partial charge is 0.240 e. The van der Waals surface area contributed by atoms with Gasteiger partial charge in [0.05, 0.1) is 10.6 Å². The minimum atomic E-state index is -3.54. The number of hydrogen-bond donors (Lipinski definition) is 1. The third kappa shape index (κ3) is 4.18. The Morgan fingerprint density at radius 2 is 1.96 bits per heavy atom. The van der Waals surface area contributed by atoms with Crippen molar-refractivity contribution in [3.05, 3.63) is 64.9 Å². The van der Waals surface area contributed by atoms with E-state index in [4.69, 9.17) is 11.6 Å². The summed E-state index contributed by atoms with van der Waals surface area (Å²) in [7, 11) is -3.54. The average Bonchev–Trinajstić information content (AvgIpc) is 3.05. The van der Waals surface area contributed by atoms with Crippen molar-refractivity contribution in [2.24, 2.45) is 0 Å². The molecule has 0 aliphatic heterocycles. The molecule has 0 aliphatic rings. The van der Waals surface area contributed by atoms with Crippen LogP contribution in [-0.4, -0.2) is 24.9 Å². The molecule has 5 nitrogen and oxygen atoms in total. The third-order valence-corrected chi connectivity index (χ3v) is 5.93. The van der Waals surface area contributed by atoms with E-state index in [0.717, 1.165) is 16.3 Å². The maximum absolute atomic E-state index is 12.2. The van der Waals surface area contributed by atoms with E-state index in [0.29, 0.717) is 11.4 Å². The average molecular weight is 380 g/mol. The Morgan fingerprint density at radius 3 is 2.67 bits per heavy atom. The van der Waals surface area contributed by atoms with Crippen molar-refractivity contribution in [2.75, 3.05) is 6.54 Å². The Balaban J connectivity index is 1.60. The largest absolute Gasteiger partial charge is 0.264 e. The highest BCUT2D eigenvalue weighted by Crippen LogP contribution is 2.22. The number of hydrogen-bond acceptors (Lipinski definition) is 5. The lowest BCUT2D eigenvalue weighted by Gasteiger charge is -2.05. The van der Waals surface area contributed by atoms with Crippen LogP contribution in [0.25, 0.3) is 10.6 Å². The maximum Gasteiger partial charge on any atom is 0.240 e. The molecule has 0 saturated carbocycles. The normalized spacial score (nSPS) is 11.5. The maximum atomic E-state index is 12.2. The van der Waals surface area contributed by atoms with E-state index in [1.165, 1.54) is 23.5 Å². The van der Waals surface area contributed by atoms with Gasteiger partial charge >= 0.3 is 0 Å². The van der Waals surface area contributed by atoms with Crippen LogP contribution in [-0.2, 0) is 16.4 Å². The van der Waals surface area contributed by atoms with Gasteiger partial charge in [-0.15, -0.1) is 11.3 Å². The summed E-state index contributed by atoms with van der Waals surface area (Å²) in [6.45, 7) is 0.279. The van der Waals surface area contributed by atoms with E-state index in [2.05, 4.69) is 14.7 Å². The lowest BCUT2D eigenvalue weighted by Crippen LogP contribution is -2.26. The molecule has 0 saturated heterocycles. The predicted molar refractivity (Wildman–Crippen MR) is 95.7 cm³/mol. The zero-order chi connectivity index (χ0) is 17.0. The molecular formula is C16H14ClN3O2S2. The standard InChI is InChI=1S/C16H14ClN3O2S2/c17-13-3-5-15(6-4-13)24(21,22)19-9-7-14-11-23-16(20-14)12-2-1-8-18-10-12/h1-6,8,10-11,19H,7,9H2. The number of rotatable bonds is 6.